The number of aldehydes is 1. The summed E-state index contributed by atoms with van der Waals surface area (Å²) < 4.78 is 18.6. The van der Waals surface area contributed by atoms with Gasteiger partial charge in [0.1, 0.15) is 17.9 Å². The molecule has 2 aromatic rings. The maximum absolute atomic E-state index is 13.3. The van der Waals surface area contributed by atoms with Crippen LogP contribution in [0.1, 0.15) is 17.3 Å². The van der Waals surface area contributed by atoms with Crippen molar-refractivity contribution in [3.8, 4) is 5.75 Å². The fraction of sp³-hybridized carbons (Fsp3) is 0.125. The molecule has 0 heterocycles. The summed E-state index contributed by atoms with van der Waals surface area (Å²) in [4.78, 5) is 22.6. The lowest BCUT2D eigenvalue weighted by Crippen LogP contribution is -2.30. The molecule has 0 aliphatic carbocycles. The number of para-hydroxylation sites is 1. The normalized spacial score (nSPS) is 11.5. The number of hydrogen-bond donors (Lipinski definition) is 1. The van der Waals surface area contributed by atoms with Crippen LogP contribution in [0.3, 0.4) is 0 Å². The van der Waals surface area contributed by atoms with E-state index in [9.17, 15) is 14.0 Å². The number of carbonyl (C=O) groups is 2. The van der Waals surface area contributed by atoms with E-state index in [-0.39, 0.29) is 17.2 Å². The number of amides is 1. The molecule has 2 rings (SSSR count). The predicted octanol–water partition coefficient (Wildman–Crippen LogP) is 3.04. The maximum atomic E-state index is 13.3. The Hall–Kier alpha value is -2.69. The van der Waals surface area contributed by atoms with Crippen LogP contribution in [0.4, 0.5) is 10.1 Å². The van der Waals surface area contributed by atoms with Crippen molar-refractivity contribution in [3.63, 3.8) is 0 Å². The highest BCUT2D eigenvalue weighted by Gasteiger charge is 2.15. The minimum Gasteiger partial charge on any atom is -0.481 e. The van der Waals surface area contributed by atoms with Crippen LogP contribution in [-0.2, 0) is 4.79 Å². The fourth-order valence-electron chi connectivity index (χ4n) is 1.74. The van der Waals surface area contributed by atoms with Gasteiger partial charge in [0, 0.05) is 17.3 Å². The second-order valence-electron chi connectivity index (χ2n) is 4.45. The van der Waals surface area contributed by atoms with Crippen molar-refractivity contribution in [2.75, 3.05) is 5.32 Å². The highest BCUT2D eigenvalue weighted by Crippen LogP contribution is 2.17. The van der Waals surface area contributed by atoms with Gasteiger partial charge in [-0.2, -0.15) is 0 Å². The molecule has 0 saturated heterocycles. The van der Waals surface area contributed by atoms with Crippen molar-refractivity contribution >= 4 is 17.9 Å². The first-order valence-corrected chi connectivity index (χ1v) is 6.37. The number of halogens is 1. The van der Waals surface area contributed by atoms with Gasteiger partial charge in [-0.1, -0.05) is 18.2 Å². The fourth-order valence-corrected chi connectivity index (χ4v) is 1.74. The van der Waals surface area contributed by atoms with E-state index in [2.05, 4.69) is 5.32 Å². The average Bonchev–Trinajstić information content (AvgIpc) is 2.47. The molecule has 1 atom stereocenters. The molecule has 21 heavy (non-hydrogen) atoms. The second kappa shape index (κ2) is 6.65. The van der Waals surface area contributed by atoms with Gasteiger partial charge in [0.25, 0.3) is 5.91 Å². The van der Waals surface area contributed by atoms with E-state index in [1.165, 1.54) is 6.07 Å². The van der Waals surface area contributed by atoms with E-state index < -0.39 is 11.9 Å². The topological polar surface area (TPSA) is 55.4 Å². The quantitative estimate of drug-likeness (QED) is 0.860. The molecule has 5 heteroatoms. The molecule has 2 aromatic carbocycles. The molecule has 0 bridgehead atoms. The Bertz CT molecular complexity index is 643. The summed E-state index contributed by atoms with van der Waals surface area (Å²) in [5.74, 6) is -0.823. The van der Waals surface area contributed by atoms with Crippen LogP contribution >= 0.6 is 0 Å². The van der Waals surface area contributed by atoms with Gasteiger partial charge < -0.3 is 10.1 Å². The predicted molar refractivity (Wildman–Crippen MR) is 76.9 cm³/mol. The summed E-state index contributed by atoms with van der Waals surface area (Å²) >= 11 is 0. The van der Waals surface area contributed by atoms with Crippen molar-refractivity contribution in [1.82, 2.24) is 0 Å². The van der Waals surface area contributed by atoms with Gasteiger partial charge in [0.15, 0.2) is 6.10 Å². The Balaban J connectivity index is 2.03. The van der Waals surface area contributed by atoms with Crippen molar-refractivity contribution in [3.05, 3.63) is 59.9 Å². The Morgan fingerprint density at radius 3 is 2.62 bits per heavy atom. The third-order valence-corrected chi connectivity index (χ3v) is 2.75. The van der Waals surface area contributed by atoms with Crippen LogP contribution in [0.2, 0.25) is 0 Å². The Morgan fingerprint density at radius 2 is 1.95 bits per heavy atom. The summed E-state index contributed by atoms with van der Waals surface area (Å²) in [6, 6.07) is 12.5. The monoisotopic (exact) mass is 287 g/mol. The summed E-state index contributed by atoms with van der Waals surface area (Å²) in [7, 11) is 0. The molecule has 1 N–H and O–H groups in total. The van der Waals surface area contributed by atoms with Crippen LogP contribution in [0.15, 0.2) is 48.5 Å². The van der Waals surface area contributed by atoms with E-state index in [1.54, 1.807) is 31.2 Å². The number of nitrogens with one attached hydrogen (secondary N) is 1. The highest BCUT2D eigenvalue weighted by atomic mass is 19.1. The van der Waals surface area contributed by atoms with E-state index in [4.69, 9.17) is 4.74 Å². The number of ether oxygens (including phenoxy) is 1. The number of rotatable bonds is 5. The summed E-state index contributed by atoms with van der Waals surface area (Å²) in [5.41, 5.74) is 0.798. The van der Waals surface area contributed by atoms with Crippen molar-refractivity contribution in [1.29, 1.82) is 0 Å². The molecule has 0 aromatic heterocycles. The van der Waals surface area contributed by atoms with Crippen LogP contribution in [0.25, 0.3) is 0 Å². The third kappa shape index (κ3) is 4.14. The zero-order valence-electron chi connectivity index (χ0n) is 11.4. The molecular weight excluding hydrogens is 273 g/mol. The van der Waals surface area contributed by atoms with E-state index in [0.29, 0.717) is 12.0 Å². The maximum Gasteiger partial charge on any atom is 0.265 e. The van der Waals surface area contributed by atoms with Crippen LogP contribution in [0.5, 0.6) is 5.75 Å². The second-order valence-corrected chi connectivity index (χ2v) is 4.45. The number of anilines is 1. The zero-order chi connectivity index (χ0) is 15.2. The number of hydrogen-bond acceptors (Lipinski definition) is 3. The smallest absolute Gasteiger partial charge is 0.265 e. The van der Waals surface area contributed by atoms with Gasteiger partial charge in [-0.15, -0.1) is 0 Å². The largest absolute Gasteiger partial charge is 0.481 e. The summed E-state index contributed by atoms with van der Waals surface area (Å²) in [6.45, 7) is 1.55. The van der Waals surface area contributed by atoms with Gasteiger partial charge in [-0.25, -0.2) is 4.39 Å². The third-order valence-electron chi connectivity index (χ3n) is 2.75. The van der Waals surface area contributed by atoms with E-state index in [0.717, 1.165) is 12.1 Å². The summed E-state index contributed by atoms with van der Waals surface area (Å²) in [6.07, 6.45) is -0.309. The van der Waals surface area contributed by atoms with Crippen molar-refractivity contribution in [2.45, 2.75) is 13.0 Å². The first kappa shape index (κ1) is 14.7. The molecule has 108 valence electrons. The van der Waals surface area contributed by atoms with Gasteiger partial charge in [0.05, 0.1) is 0 Å². The van der Waals surface area contributed by atoms with Crippen LogP contribution < -0.4 is 10.1 Å². The van der Waals surface area contributed by atoms with E-state index in [1.807, 2.05) is 6.07 Å². The molecule has 1 amide bonds. The van der Waals surface area contributed by atoms with Gasteiger partial charge in [0.2, 0.25) is 0 Å². The Morgan fingerprint density at radius 1 is 1.24 bits per heavy atom. The molecule has 4 nitrogen and oxygen atoms in total. The lowest BCUT2D eigenvalue weighted by Gasteiger charge is -2.15. The minimum absolute atomic E-state index is 0.132. The molecule has 0 aliphatic rings. The molecule has 0 aliphatic heterocycles. The minimum atomic E-state index is -0.827. The van der Waals surface area contributed by atoms with E-state index >= 15 is 0 Å². The van der Waals surface area contributed by atoms with Crippen molar-refractivity contribution in [2.24, 2.45) is 0 Å². The number of benzene rings is 2. The standard InChI is InChI=1S/C16H14FNO3/c1-11(16(20)18-14-5-3-2-4-6-14)21-15-8-12(10-19)7-13(17)9-15/h2-11H,1H3,(H,18,20). The first-order valence-electron chi connectivity index (χ1n) is 6.37. The van der Waals surface area contributed by atoms with Gasteiger partial charge in [-0.05, 0) is 31.2 Å². The molecule has 0 saturated carbocycles. The molecular formula is C16H14FNO3. The number of carbonyl (C=O) groups excluding carboxylic acids is 2. The summed E-state index contributed by atoms with van der Waals surface area (Å²) in [5, 5.41) is 2.68. The van der Waals surface area contributed by atoms with Gasteiger partial charge in [-0.3, -0.25) is 9.59 Å². The molecule has 0 spiro atoms. The van der Waals surface area contributed by atoms with Crippen molar-refractivity contribution < 1.29 is 18.7 Å². The first-order chi connectivity index (χ1) is 10.1. The zero-order valence-corrected chi connectivity index (χ0v) is 11.4. The van der Waals surface area contributed by atoms with Crippen LogP contribution in [-0.4, -0.2) is 18.3 Å². The highest BCUT2D eigenvalue weighted by molar-refractivity contribution is 5.94. The average molecular weight is 287 g/mol. The van der Waals surface area contributed by atoms with Crippen LogP contribution in [0, 0.1) is 5.82 Å². The molecule has 1 unspecified atom stereocenters. The Labute approximate surface area is 121 Å². The molecule has 0 fully saturated rings. The van der Waals surface area contributed by atoms with Gasteiger partial charge >= 0.3 is 0 Å². The molecule has 0 radical (unpaired) electrons. The Kier molecular flexibility index (Phi) is 4.66. The lowest BCUT2D eigenvalue weighted by molar-refractivity contribution is -0.122. The lowest BCUT2D eigenvalue weighted by atomic mass is 10.2. The SMILES string of the molecule is CC(Oc1cc(F)cc(C=O)c1)C(=O)Nc1ccccc1.